The van der Waals surface area contributed by atoms with Crippen LogP contribution in [0.3, 0.4) is 0 Å². The van der Waals surface area contributed by atoms with Gasteiger partial charge in [-0.15, -0.1) is 11.3 Å². The Morgan fingerprint density at radius 3 is 2.80 bits per heavy atom. The Hall–Kier alpha value is -1.61. The Kier molecular flexibility index (Phi) is 4.16. The van der Waals surface area contributed by atoms with Gasteiger partial charge in [0, 0.05) is 4.88 Å². The Balaban J connectivity index is 1.58. The monoisotopic (exact) mass is 285 g/mol. The number of hydrogen-bond donors (Lipinski definition) is 1. The largest absolute Gasteiger partial charge is 0.351 e. The highest BCUT2D eigenvalue weighted by atomic mass is 32.1. The molecule has 1 aliphatic rings. The molecule has 1 heterocycles. The molecule has 0 spiro atoms. The average molecular weight is 285 g/mol. The SMILES string of the molecule is O=C(Cc1ccc2c(c1)CCCC2)NCc1cccs1. The summed E-state index contributed by atoms with van der Waals surface area (Å²) in [5.74, 6) is 0.106. The summed E-state index contributed by atoms with van der Waals surface area (Å²) in [6, 6.07) is 10.6. The van der Waals surface area contributed by atoms with E-state index in [2.05, 4.69) is 23.5 Å². The number of carbonyl (C=O) groups is 1. The van der Waals surface area contributed by atoms with Crippen LogP contribution in [0.1, 0.15) is 34.4 Å². The summed E-state index contributed by atoms with van der Waals surface area (Å²) in [4.78, 5) is 13.2. The van der Waals surface area contributed by atoms with Crippen molar-refractivity contribution in [2.75, 3.05) is 0 Å². The zero-order valence-electron chi connectivity index (χ0n) is 11.5. The van der Waals surface area contributed by atoms with Crippen molar-refractivity contribution in [2.24, 2.45) is 0 Å². The van der Waals surface area contributed by atoms with Crippen molar-refractivity contribution >= 4 is 17.2 Å². The molecule has 0 aliphatic heterocycles. The predicted molar refractivity (Wildman–Crippen MR) is 83.0 cm³/mol. The second-order valence-corrected chi connectivity index (χ2v) is 6.38. The third-order valence-corrected chi connectivity index (χ3v) is 4.69. The molecule has 0 bridgehead atoms. The molecule has 0 saturated carbocycles. The van der Waals surface area contributed by atoms with Crippen LogP contribution < -0.4 is 5.32 Å². The Labute approximate surface area is 123 Å². The number of thiophene rings is 1. The molecule has 1 aromatic heterocycles. The number of rotatable bonds is 4. The summed E-state index contributed by atoms with van der Waals surface area (Å²) in [6.45, 7) is 0.640. The van der Waals surface area contributed by atoms with Crippen LogP contribution >= 0.6 is 11.3 Å². The first-order chi connectivity index (χ1) is 9.81. The summed E-state index contributed by atoms with van der Waals surface area (Å²) in [5, 5.41) is 5.02. The Bertz CT molecular complexity index is 589. The van der Waals surface area contributed by atoms with Gasteiger partial charge in [0.05, 0.1) is 13.0 Å². The quantitative estimate of drug-likeness (QED) is 0.915. The Morgan fingerprint density at radius 1 is 1.15 bits per heavy atom. The molecule has 1 aliphatic carbocycles. The second-order valence-electron chi connectivity index (χ2n) is 5.34. The highest BCUT2D eigenvalue weighted by Gasteiger charge is 2.11. The lowest BCUT2D eigenvalue weighted by Crippen LogP contribution is -2.24. The van der Waals surface area contributed by atoms with Gasteiger partial charge in [0.15, 0.2) is 0 Å². The summed E-state index contributed by atoms with van der Waals surface area (Å²) < 4.78 is 0. The third-order valence-electron chi connectivity index (χ3n) is 3.82. The van der Waals surface area contributed by atoms with Crippen molar-refractivity contribution in [3.63, 3.8) is 0 Å². The average Bonchev–Trinajstić information content (AvgIpc) is 2.98. The maximum absolute atomic E-state index is 12.0. The van der Waals surface area contributed by atoms with Crippen LogP contribution in [-0.4, -0.2) is 5.91 Å². The molecule has 2 aromatic rings. The van der Waals surface area contributed by atoms with Crippen molar-refractivity contribution < 1.29 is 4.79 Å². The minimum Gasteiger partial charge on any atom is -0.351 e. The number of benzene rings is 1. The van der Waals surface area contributed by atoms with Crippen LogP contribution in [0.5, 0.6) is 0 Å². The van der Waals surface area contributed by atoms with E-state index in [0.29, 0.717) is 13.0 Å². The minimum atomic E-state index is 0.106. The van der Waals surface area contributed by atoms with Crippen molar-refractivity contribution in [1.29, 1.82) is 0 Å². The molecule has 3 heteroatoms. The normalized spacial score (nSPS) is 13.8. The molecule has 0 radical (unpaired) electrons. The maximum atomic E-state index is 12.0. The van der Waals surface area contributed by atoms with Crippen molar-refractivity contribution in [3.05, 3.63) is 57.3 Å². The van der Waals surface area contributed by atoms with E-state index in [1.807, 2.05) is 17.5 Å². The Morgan fingerprint density at radius 2 is 2.00 bits per heavy atom. The van der Waals surface area contributed by atoms with E-state index in [9.17, 15) is 4.79 Å². The van der Waals surface area contributed by atoms with Gasteiger partial charge in [-0.05, 0) is 53.8 Å². The van der Waals surface area contributed by atoms with Crippen LogP contribution in [0, 0.1) is 0 Å². The second kappa shape index (κ2) is 6.23. The molecule has 2 nitrogen and oxygen atoms in total. The highest BCUT2D eigenvalue weighted by molar-refractivity contribution is 7.09. The summed E-state index contributed by atoms with van der Waals surface area (Å²) >= 11 is 1.68. The number of fused-ring (bicyclic) bond motifs is 1. The molecule has 0 saturated heterocycles. The lowest BCUT2D eigenvalue weighted by atomic mass is 9.90. The van der Waals surface area contributed by atoms with E-state index in [0.717, 1.165) is 5.56 Å². The van der Waals surface area contributed by atoms with Gasteiger partial charge in [-0.1, -0.05) is 24.3 Å². The van der Waals surface area contributed by atoms with Crippen LogP contribution in [0.2, 0.25) is 0 Å². The fraction of sp³-hybridized carbons (Fsp3) is 0.353. The number of nitrogens with one attached hydrogen (secondary N) is 1. The molecule has 1 amide bonds. The van der Waals surface area contributed by atoms with Crippen LogP contribution in [0.4, 0.5) is 0 Å². The van der Waals surface area contributed by atoms with Gasteiger partial charge in [-0.2, -0.15) is 0 Å². The molecule has 104 valence electrons. The lowest BCUT2D eigenvalue weighted by Gasteiger charge is -2.16. The number of hydrogen-bond acceptors (Lipinski definition) is 2. The van der Waals surface area contributed by atoms with Crippen LogP contribution in [0.25, 0.3) is 0 Å². The van der Waals surface area contributed by atoms with Crippen LogP contribution in [-0.2, 0) is 30.6 Å². The molecule has 1 N–H and O–H groups in total. The first-order valence-electron chi connectivity index (χ1n) is 7.21. The fourth-order valence-corrected chi connectivity index (χ4v) is 3.39. The first-order valence-corrected chi connectivity index (χ1v) is 8.09. The lowest BCUT2D eigenvalue weighted by molar-refractivity contribution is -0.120. The van der Waals surface area contributed by atoms with Gasteiger partial charge < -0.3 is 5.32 Å². The molecule has 20 heavy (non-hydrogen) atoms. The van der Waals surface area contributed by atoms with Gasteiger partial charge in [-0.25, -0.2) is 0 Å². The van der Waals surface area contributed by atoms with Gasteiger partial charge in [0.25, 0.3) is 0 Å². The van der Waals surface area contributed by atoms with E-state index in [1.165, 1.54) is 41.7 Å². The summed E-state index contributed by atoms with van der Waals surface area (Å²) in [7, 11) is 0. The zero-order chi connectivity index (χ0) is 13.8. The van der Waals surface area contributed by atoms with Crippen molar-refractivity contribution in [1.82, 2.24) is 5.32 Å². The minimum absolute atomic E-state index is 0.106. The van der Waals surface area contributed by atoms with E-state index < -0.39 is 0 Å². The predicted octanol–water partition coefficient (Wildman–Crippen LogP) is 3.49. The topological polar surface area (TPSA) is 29.1 Å². The van der Waals surface area contributed by atoms with Crippen molar-refractivity contribution in [3.8, 4) is 0 Å². The molecule has 1 aromatic carbocycles. The standard InChI is InChI=1S/C17H19NOS/c19-17(18-12-16-6-3-9-20-16)11-13-7-8-14-4-1-2-5-15(14)10-13/h3,6-10H,1-2,4-5,11-12H2,(H,18,19). The van der Waals surface area contributed by atoms with Gasteiger partial charge in [-0.3, -0.25) is 4.79 Å². The molecule has 3 rings (SSSR count). The molecular formula is C17H19NOS. The number of carbonyl (C=O) groups excluding carboxylic acids is 1. The van der Waals surface area contributed by atoms with Gasteiger partial charge in [0.2, 0.25) is 5.91 Å². The van der Waals surface area contributed by atoms with Crippen molar-refractivity contribution in [2.45, 2.75) is 38.6 Å². The smallest absolute Gasteiger partial charge is 0.224 e. The number of amides is 1. The maximum Gasteiger partial charge on any atom is 0.224 e. The van der Waals surface area contributed by atoms with Gasteiger partial charge >= 0.3 is 0 Å². The summed E-state index contributed by atoms with van der Waals surface area (Å²) in [6.07, 6.45) is 5.42. The van der Waals surface area contributed by atoms with E-state index in [-0.39, 0.29) is 5.91 Å². The van der Waals surface area contributed by atoms with Gasteiger partial charge in [0.1, 0.15) is 0 Å². The van der Waals surface area contributed by atoms with Crippen LogP contribution in [0.15, 0.2) is 35.7 Å². The zero-order valence-corrected chi connectivity index (χ0v) is 12.3. The molecule has 0 atom stereocenters. The number of aryl methyl sites for hydroxylation is 2. The fourth-order valence-electron chi connectivity index (χ4n) is 2.74. The molecule has 0 unspecified atom stereocenters. The first kappa shape index (κ1) is 13.4. The molecular weight excluding hydrogens is 266 g/mol. The van der Waals surface area contributed by atoms with E-state index >= 15 is 0 Å². The van der Waals surface area contributed by atoms with E-state index in [1.54, 1.807) is 11.3 Å². The third kappa shape index (κ3) is 3.28. The van der Waals surface area contributed by atoms with E-state index in [4.69, 9.17) is 0 Å². The summed E-state index contributed by atoms with van der Waals surface area (Å²) in [5.41, 5.74) is 4.05. The highest BCUT2D eigenvalue weighted by Crippen LogP contribution is 2.22. The molecule has 0 fully saturated rings.